The van der Waals surface area contributed by atoms with E-state index in [-0.39, 0.29) is 11.5 Å². The second kappa shape index (κ2) is 5.62. The van der Waals surface area contributed by atoms with Crippen LogP contribution in [0.15, 0.2) is 22.7 Å². The minimum Gasteiger partial charge on any atom is -0.494 e. The average molecular weight is 312 g/mol. The van der Waals surface area contributed by atoms with Crippen molar-refractivity contribution in [2.45, 2.75) is 45.6 Å². The molecule has 2 nitrogen and oxygen atoms in total. The molecule has 18 heavy (non-hydrogen) atoms. The lowest BCUT2D eigenvalue weighted by molar-refractivity contribution is 0.264. The summed E-state index contributed by atoms with van der Waals surface area (Å²) in [5, 5.41) is 0. The van der Waals surface area contributed by atoms with E-state index in [9.17, 15) is 0 Å². The standard InChI is InChI=1S/C15H22BrNO/c1-3-18-11-6-7-12(13(16)10-11)14(17)15(2)8-4-5-9-15/h6-7,10,14H,3-5,8-9,17H2,1-2H3. The highest BCUT2D eigenvalue weighted by molar-refractivity contribution is 9.10. The molecule has 0 saturated heterocycles. The molecule has 0 aliphatic heterocycles. The topological polar surface area (TPSA) is 35.2 Å². The fraction of sp³-hybridized carbons (Fsp3) is 0.600. The molecule has 2 rings (SSSR count). The smallest absolute Gasteiger partial charge is 0.120 e. The first kappa shape index (κ1) is 13.9. The molecule has 100 valence electrons. The fourth-order valence-electron chi connectivity index (χ4n) is 2.89. The zero-order chi connectivity index (χ0) is 13.2. The highest BCUT2D eigenvalue weighted by atomic mass is 79.9. The lowest BCUT2D eigenvalue weighted by atomic mass is 9.78. The van der Waals surface area contributed by atoms with Crippen molar-refractivity contribution in [1.82, 2.24) is 0 Å². The third-order valence-corrected chi connectivity index (χ3v) is 4.80. The van der Waals surface area contributed by atoms with Crippen molar-refractivity contribution < 1.29 is 4.74 Å². The van der Waals surface area contributed by atoms with Crippen LogP contribution in [0.5, 0.6) is 5.75 Å². The molecule has 1 aromatic rings. The van der Waals surface area contributed by atoms with Gasteiger partial charge in [0, 0.05) is 10.5 Å². The van der Waals surface area contributed by atoms with E-state index in [0.29, 0.717) is 6.61 Å². The summed E-state index contributed by atoms with van der Waals surface area (Å²) < 4.78 is 6.57. The third kappa shape index (κ3) is 2.72. The van der Waals surface area contributed by atoms with Gasteiger partial charge in [-0.2, -0.15) is 0 Å². The van der Waals surface area contributed by atoms with Crippen LogP contribution in [0.25, 0.3) is 0 Å². The Bertz CT molecular complexity index is 413. The third-order valence-electron chi connectivity index (χ3n) is 4.11. The van der Waals surface area contributed by atoms with E-state index < -0.39 is 0 Å². The molecule has 0 radical (unpaired) electrons. The molecule has 1 saturated carbocycles. The van der Waals surface area contributed by atoms with Gasteiger partial charge < -0.3 is 10.5 Å². The summed E-state index contributed by atoms with van der Waals surface area (Å²) in [6, 6.07) is 6.24. The first-order valence-electron chi connectivity index (χ1n) is 6.74. The maximum atomic E-state index is 6.49. The van der Waals surface area contributed by atoms with E-state index in [4.69, 9.17) is 10.5 Å². The summed E-state index contributed by atoms with van der Waals surface area (Å²) >= 11 is 3.63. The van der Waals surface area contributed by atoms with E-state index in [0.717, 1.165) is 10.2 Å². The monoisotopic (exact) mass is 311 g/mol. The molecule has 1 aliphatic rings. The second-order valence-electron chi connectivity index (χ2n) is 5.46. The number of ether oxygens (including phenoxy) is 1. The molecule has 0 heterocycles. The van der Waals surface area contributed by atoms with E-state index >= 15 is 0 Å². The van der Waals surface area contributed by atoms with Crippen molar-refractivity contribution in [1.29, 1.82) is 0 Å². The van der Waals surface area contributed by atoms with Gasteiger partial charge in [-0.1, -0.05) is 41.8 Å². The first-order valence-corrected chi connectivity index (χ1v) is 7.54. The summed E-state index contributed by atoms with van der Waals surface area (Å²) in [5.41, 5.74) is 7.93. The average Bonchev–Trinajstić information content (AvgIpc) is 2.77. The maximum Gasteiger partial charge on any atom is 0.120 e. The molecule has 0 amide bonds. The molecular weight excluding hydrogens is 290 g/mol. The van der Waals surface area contributed by atoms with E-state index in [1.54, 1.807) is 0 Å². The Hall–Kier alpha value is -0.540. The van der Waals surface area contributed by atoms with Crippen molar-refractivity contribution in [3.05, 3.63) is 28.2 Å². The van der Waals surface area contributed by atoms with Crippen molar-refractivity contribution >= 4 is 15.9 Å². The molecular formula is C15H22BrNO. The molecule has 2 N–H and O–H groups in total. The van der Waals surface area contributed by atoms with Crippen LogP contribution in [0, 0.1) is 5.41 Å². The van der Waals surface area contributed by atoms with Crippen molar-refractivity contribution in [3.63, 3.8) is 0 Å². The summed E-state index contributed by atoms with van der Waals surface area (Å²) in [6.07, 6.45) is 5.07. The fourth-order valence-corrected chi connectivity index (χ4v) is 3.49. The second-order valence-corrected chi connectivity index (χ2v) is 6.31. The summed E-state index contributed by atoms with van der Waals surface area (Å²) in [6.45, 7) is 5.00. The van der Waals surface area contributed by atoms with Crippen LogP contribution in [-0.2, 0) is 0 Å². The Morgan fingerprint density at radius 2 is 2.06 bits per heavy atom. The first-order chi connectivity index (χ1) is 8.57. The Morgan fingerprint density at radius 3 is 2.61 bits per heavy atom. The highest BCUT2D eigenvalue weighted by Crippen LogP contribution is 2.47. The zero-order valence-corrected chi connectivity index (χ0v) is 12.8. The van der Waals surface area contributed by atoms with Crippen LogP contribution in [0.4, 0.5) is 0 Å². The Morgan fingerprint density at radius 1 is 1.39 bits per heavy atom. The van der Waals surface area contributed by atoms with Crippen LogP contribution in [-0.4, -0.2) is 6.61 Å². The lowest BCUT2D eigenvalue weighted by Crippen LogP contribution is -2.29. The predicted molar refractivity (Wildman–Crippen MR) is 78.8 cm³/mol. The number of halogens is 1. The van der Waals surface area contributed by atoms with E-state index in [2.05, 4.69) is 28.9 Å². The van der Waals surface area contributed by atoms with E-state index in [1.165, 1.54) is 31.2 Å². The van der Waals surface area contributed by atoms with Crippen LogP contribution in [0.2, 0.25) is 0 Å². The summed E-state index contributed by atoms with van der Waals surface area (Å²) in [5.74, 6) is 0.900. The SMILES string of the molecule is CCOc1ccc(C(N)C2(C)CCCC2)c(Br)c1. The molecule has 0 spiro atoms. The molecule has 3 heteroatoms. The van der Waals surface area contributed by atoms with Crippen molar-refractivity contribution in [2.75, 3.05) is 6.61 Å². The molecule has 1 atom stereocenters. The molecule has 1 aromatic carbocycles. The maximum absolute atomic E-state index is 6.49. The number of hydrogen-bond acceptors (Lipinski definition) is 2. The van der Waals surface area contributed by atoms with Gasteiger partial charge in [-0.3, -0.25) is 0 Å². The Kier molecular flexibility index (Phi) is 4.33. The Labute approximate surface area is 118 Å². The molecule has 1 aliphatic carbocycles. The van der Waals surface area contributed by atoms with Gasteiger partial charge >= 0.3 is 0 Å². The minimum absolute atomic E-state index is 0.102. The molecule has 0 aromatic heterocycles. The normalized spacial score (nSPS) is 19.8. The van der Waals surface area contributed by atoms with Crippen LogP contribution in [0.1, 0.15) is 51.1 Å². The minimum atomic E-state index is 0.102. The summed E-state index contributed by atoms with van der Waals surface area (Å²) in [4.78, 5) is 0. The Balaban J connectivity index is 2.22. The quantitative estimate of drug-likeness (QED) is 0.893. The van der Waals surface area contributed by atoms with Gasteiger partial charge in [0.25, 0.3) is 0 Å². The largest absolute Gasteiger partial charge is 0.494 e. The van der Waals surface area contributed by atoms with Crippen molar-refractivity contribution in [2.24, 2.45) is 11.1 Å². The van der Waals surface area contributed by atoms with Crippen LogP contribution in [0.3, 0.4) is 0 Å². The summed E-state index contributed by atoms with van der Waals surface area (Å²) in [7, 11) is 0. The van der Waals surface area contributed by atoms with Crippen LogP contribution >= 0.6 is 15.9 Å². The molecule has 0 bridgehead atoms. The van der Waals surface area contributed by atoms with Gasteiger partial charge in [-0.25, -0.2) is 0 Å². The van der Waals surface area contributed by atoms with Crippen LogP contribution < -0.4 is 10.5 Å². The number of benzene rings is 1. The zero-order valence-electron chi connectivity index (χ0n) is 11.2. The lowest BCUT2D eigenvalue weighted by Gasteiger charge is -2.32. The molecule has 1 unspecified atom stereocenters. The van der Waals surface area contributed by atoms with Gasteiger partial charge in [-0.15, -0.1) is 0 Å². The van der Waals surface area contributed by atoms with Crippen molar-refractivity contribution in [3.8, 4) is 5.75 Å². The van der Waals surface area contributed by atoms with Gasteiger partial charge in [0.15, 0.2) is 0 Å². The number of nitrogens with two attached hydrogens (primary N) is 1. The van der Waals surface area contributed by atoms with Gasteiger partial charge in [-0.05, 0) is 42.9 Å². The van der Waals surface area contributed by atoms with Gasteiger partial charge in [0.2, 0.25) is 0 Å². The number of rotatable bonds is 4. The van der Waals surface area contributed by atoms with E-state index in [1.807, 2.05) is 19.1 Å². The van der Waals surface area contributed by atoms with Gasteiger partial charge in [0.1, 0.15) is 5.75 Å². The predicted octanol–water partition coefficient (Wildman–Crippen LogP) is 4.43. The number of hydrogen-bond donors (Lipinski definition) is 1. The van der Waals surface area contributed by atoms with Gasteiger partial charge in [0.05, 0.1) is 6.61 Å². The highest BCUT2D eigenvalue weighted by Gasteiger charge is 2.36. The molecule has 1 fully saturated rings.